The monoisotopic (exact) mass is 339 g/mol. The Balaban J connectivity index is 1.93. The number of nitrogens with zero attached hydrogens (tertiary/aromatic N) is 3. The maximum Gasteiger partial charge on any atom is 0.416 e. The molecule has 1 aromatic carbocycles. The van der Waals surface area contributed by atoms with Crippen LogP contribution >= 0.6 is 0 Å². The van der Waals surface area contributed by atoms with Crippen molar-refractivity contribution in [3.8, 4) is 0 Å². The van der Waals surface area contributed by atoms with Gasteiger partial charge in [0.1, 0.15) is 11.4 Å². The quantitative estimate of drug-likeness (QED) is 0.930. The minimum Gasteiger partial charge on any atom is -0.477 e. The zero-order valence-electron chi connectivity index (χ0n) is 13.1. The van der Waals surface area contributed by atoms with E-state index in [4.69, 9.17) is 0 Å². The smallest absolute Gasteiger partial charge is 0.416 e. The molecule has 0 radical (unpaired) electrons. The van der Waals surface area contributed by atoms with Gasteiger partial charge in [-0.1, -0.05) is 12.1 Å². The van der Waals surface area contributed by atoms with Gasteiger partial charge in [-0.15, -0.1) is 0 Å². The fourth-order valence-electron chi connectivity index (χ4n) is 3.08. The van der Waals surface area contributed by atoms with Crippen LogP contribution in [0.25, 0.3) is 0 Å². The summed E-state index contributed by atoms with van der Waals surface area (Å²) in [6.45, 7) is 4.58. The SMILES string of the molecule is Cc1nn2c(c1C(=O)O)N([C@H](C)c1ccc(C(F)(F)F)cc1)CC2. The molecular weight excluding hydrogens is 323 g/mol. The van der Waals surface area contributed by atoms with Gasteiger partial charge in [-0.2, -0.15) is 18.3 Å². The maximum absolute atomic E-state index is 12.7. The fraction of sp³-hybridized carbons (Fsp3) is 0.375. The van der Waals surface area contributed by atoms with E-state index in [9.17, 15) is 23.1 Å². The number of halogens is 3. The summed E-state index contributed by atoms with van der Waals surface area (Å²) < 4.78 is 39.7. The lowest BCUT2D eigenvalue weighted by Gasteiger charge is -2.26. The maximum atomic E-state index is 12.7. The highest BCUT2D eigenvalue weighted by atomic mass is 19.4. The molecule has 1 aliphatic heterocycles. The lowest BCUT2D eigenvalue weighted by atomic mass is 10.0. The second kappa shape index (κ2) is 5.54. The van der Waals surface area contributed by atoms with Gasteiger partial charge in [-0.3, -0.25) is 0 Å². The van der Waals surface area contributed by atoms with E-state index in [-0.39, 0.29) is 11.6 Å². The first-order chi connectivity index (χ1) is 11.2. The van der Waals surface area contributed by atoms with Gasteiger partial charge in [0.2, 0.25) is 0 Å². The molecule has 0 aliphatic carbocycles. The number of aryl methyl sites for hydroxylation is 1. The van der Waals surface area contributed by atoms with Crippen molar-refractivity contribution in [3.05, 3.63) is 46.6 Å². The number of hydrogen-bond donors (Lipinski definition) is 1. The Bertz CT molecular complexity index is 781. The highest BCUT2D eigenvalue weighted by molar-refractivity contribution is 5.95. The lowest BCUT2D eigenvalue weighted by molar-refractivity contribution is -0.137. The van der Waals surface area contributed by atoms with Gasteiger partial charge in [-0.25, -0.2) is 9.48 Å². The number of aromatic carboxylic acids is 1. The first-order valence-electron chi connectivity index (χ1n) is 7.44. The number of carboxylic acids is 1. The van der Waals surface area contributed by atoms with Gasteiger partial charge < -0.3 is 10.0 Å². The Labute approximate surface area is 136 Å². The van der Waals surface area contributed by atoms with Gasteiger partial charge in [-0.05, 0) is 31.5 Å². The van der Waals surface area contributed by atoms with Crippen molar-refractivity contribution in [3.63, 3.8) is 0 Å². The van der Waals surface area contributed by atoms with Crippen LogP contribution in [0.3, 0.4) is 0 Å². The van der Waals surface area contributed by atoms with Crippen LogP contribution in [0, 0.1) is 6.92 Å². The van der Waals surface area contributed by atoms with Gasteiger partial charge in [0.15, 0.2) is 0 Å². The summed E-state index contributed by atoms with van der Waals surface area (Å²) >= 11 is 0. The summed E-state index contributed by atoms with van der Waals surface area (Å²) in [5.74, 6) is -0.548. The van der Waals surface area contributed by atoms with Crippen molar-refractivity contribution in [2.45, 2.75) is 32.6 Å². The molecule has 0 bridgehead atoms. The van der Waals surface area contributed by atoms with Crippen LogP contribution in [0.4, 0.5) is 19.0 Å². The second-order valence-corrected chi connectivity index (χ2v) is 5.80. The molecule has 3 rings (SSSR count). The molecule has 2 heterocycles. The molecule has 0 fully saturated rings. The summed E-state index contributed by atoms with van der Waals surface area (Å²) in [5, 5.41) is 13.6. The molecule has 1 atom stereocenters. The molecule has 1 aliphatic rings. The number of hydrogen-bond acceptors (Lipinski definition) is 3. The third kappa shape index (κ3) is 2.61. The van der Waals surface area contributed by atoms with Crippen LogP contribution in [0.15, 0.2) is 24.3 Å². The van der Waals surface area contributed by atoms with Crippen LogP contribution in [0.1, 0.15) is 40.1 Å². The number of anilines is 1. The third-order valence-electron chi connectivity index (χ3n) is 4.33. The Morgan fingerprint density at radius 3 is 2.42 bits per heavy atom. The molecule has 1 N–H and O–H groups in total. The van der Waals surface area contributed by atoms with Crippen molar-refractivity contribution in [2.24, 2.45) is 0 Å². The van der Waals surface area contributed by atoms with Crippen molar-refractivity contribution in [1.29, 1.82) is 0 Å². The average Bonchev–Trinajstić information content (AvgIpc) is 3.03. The van der Waals surface area contributed by atoms with Crippen LogP contribution in [0.2, 0.25) is 0 Å². The Kier molecular flexibility index (Phi) is 3.77. The topological polar surface area (TPSA) is 58.4 Å². The highest BCUT2D eigenvalue weighted by Crippen LogP contribution is 2.36. The average molecular weight is 339 g/mol. The molecule has 0 saturated heterocycles. The van der Waals surface area contributed by atoms with E-state index in [2.05, 4.69) is 5.10 Å². The first-order valence-corrected chi connectivity index (χ1v) is 7.44. The molecule has 5 nitrogen and oxygen atoms in total. The molecule has 0 spiro atoms. The van der Waals surface area contributed by atoms with Gasteiger partial charge in [0, 0.05) is 6.54 Å². The van der Waals surface area contributed by atoms with E-state index in [1.165, 1.54) is 12.1 Å². The standard InChI is InChI=1S/C16H16F3N3O2/c1-9-13(15(23)24)14-21(7-8-22(14)20-9)10(2)11-3-5-12(6-4-11)16(17,18)19/h3-6,10H,7-8H2,1-2H3,(H,23,24)/t10-/m1/s1. The number of carboxylic acid groups (broad SMARTS) is 1. The fourth-order valence-corrected chi connectivity index (χ4v) is 3.08. The van der Waals surface area contributed by atoms with Crippen LogP contribution in [-0.4, -0.2) is 27.4 Å². The number of benzene rings is 1. The molecule has 0 amide bonds. The third-order valence-corrected chi connectivity index (χ3v) is 4.33. The molecule has 0 saturated carbocycles. The minimum absolute atomic E-state index is 0.145. The molecule has 8 heteroatoms. The van der Waals surface area contributed by atoms with Crippen LogP contribution in [0.5, 0.6) is 0 Å². The highest BCUT2D eigenvalue weighted by Gasteiger charge is 2.34. The molecule has 1 aromatic heterocycles. The van der Waals surface area contributed by atoms with Crippen molar-refractivity contribution in [2.75, 3.05) is 11.4 Å². The number of carbonyl (C=O) groups is 1. The predicted molar refractivity (Wildman–Crippen MR) is 81.1 cm³/mol. The first kappa shape index (κ1) is 16.4. The van der Waals surface area contributed by atoms with E-state index < -0.39 is 17.7 Å². The minimum atomic E-state index is -4.37. The predicted octanol–water partition coefficient (Wildman–Crippen LogP) is 3.49. The van der Waals surface area contributed by atoms with E-state index >= 15 is 0 Å². The van der Waals surface area contributed by atoms with Gasteiger partial charge in [0.05, 0.1) is 23.8 Å². The summed E-state index contributed by atoms with van der Waals surface area (Å²) in [4.78, 5) is 13.4. The largest absolute Gasteiger partial charge is 0.477 e. The van der Waals surface area contributed by atoms with E-state index in [1.54, 1.807) is 11.6 Å². The van der Waals surface area contributed by atoms with Gasteiger partial charge in [0.25, 0.3) is 0 Å². The number of rotatable bonds is 3. The Hall–Kier alpha value is -2.51. The van der Waals surface area contributed by atoms with Crippen LogP contribution < -0.4 is 4.90 Å². The number of fused-ring (bicyclic) bond motifs is 1. The van der Waals surface area contributed by atoms with Crippen molar-refractivity contribution >= 4 is 11.8 Å². The summed E-state index contributed by atoms with van der Waals surface area (Å²) in [7, 11) is 0. The molecule has 0 unspecified atom stereocenters. The Morgan fingerprint density at radius 1 is 1.25 bits per heavy atom. The molecule has 24 heavy (non-hydrogen) atoms. The molecular formula is C16H16F3N3O2. The van der Waals surface area contributed by atoms with Crippen molar-refractivity contribution < 1.29 is 23.1 Å². The van der Waals surface area contributed by atoms with Crippen LogP contribution in [-0.2, 0) is 12.7 Å². The number of aromatic nitrogens is 2. The van der Waals surface area contributed by atoms with E-state index in [1.807, 2.05) is 11.8 Å². The van der Waals surface area contributed by atoms with Gasteiger partial charge >= 0.3 is 12.1 Å². The number of alkyl halides is 3. The summed E-state index contributed by atoms with van der Waals surface area (Å²) in [5.41, 5.74) is 0.562. The van der Waals surface area contributed by atoms with E-state index in [0.717, 1.165) is 12.1 Å². The summed E-state index contributed by atoms with van der Waals surface area (Å²) in [6.07, 6.45) is -4.37. The lowest BCUT2D eigenvalue weighted by Crippen LogP contribution is -2.26. The zero-order chi connectivity index (χ0) is 17.6. The zero-order valence-corrected chi connectivity index (χ0v) is 13.1. The Morgan fingerprint density at radius 2 is 1.88 bits per heavy atom. The molecule has 128 valence electrons. The second-order valence-electron chi connectivity index (χ2n) is 5.80. The van der Waals surface area contributed by atoms with Crippen molar-refractivity contribution in [1.82, 2.24) is 9.78 Å². The summed E-state index contributed by atoms with van der Waals surface area (Å²) in [6, 6.07) is 4.69. The van der Waals surface area contributed by atoms with E-state index in [0.29, 0.717) is 30.2 Å². The normalized spacial score (nSPS) is 15.5. The molecule has 2 aromatic rings.